The lowest BCUT2D eigenvalue weighted by Crippen LogP contribution is -2.53. The largest absolute Gasteiger partial charge is 0.338 e. The first-order valence-corrected chi connectivity index (χ1v) is 6.95. The Morgan fingerprint density at radius 3 is 2.32 bits per heavy atom. The van der Waals surface area contributed by atoms with Gasteiger partial charge in [-0.25, -0.2) is 9.97 Å². The van der Waals surface area contributed by atoms with E-state index in [1.165, 1.54) is 0 Å². The van der Waals surface area contributed by atoms with Crippen molar-refractivity contribution in [3.8, 4) is 0 Å². The third-order valence-electron chi connectivity index (χ3n) is 3.62. The highest BCUT2D eigenvalue weighted by Gasteiger charge is 2.26. The lowest BCUT2D eigenvalue weighted by molar-refractivity contribution is 0.128. The topological polar surface area (TPSA) is 58.3 Å². The molecule has 0 atom stereocenters. The van der Waals surface area contributed by atoms with Gasteiger partial charge in [-0.3, -0.25) is 4.90 Å². The van der Waals surface area contributed by atoms with Gasteiger partial charge in [0.15, 0.2) is 0 Å². The van der Waals surface area contributed by atoms with Crippen molar-refractivity contribution in [3.63, 3.8) is 0 Å². The minimum Gasteiger partial charge on any atom is -0.338 e. The zero-order chi connectivity index (χ0) is 14.0. The summed E-state index contributed by atoms with van der Waals surface area (Å²) in [7, 11) is 0. The quantitative estimate of drug-likeness (QED) is 0.868. The second-order valence-corrected chi connectivity index (χ2v) is 6.15. The van der Waals surface area contributed by atoms with Gasteiger partial charge < -0.3 is 10.6 Å². The highest BCUT2D eigenvalue weighted by Crippen LogP contribution is 2.18. The average molecular weight is 263 g/mol. The lowest BCUT2D eigenvalue weighted by Gasteiger charge is -2.42. The molecule has 1 aliphatic heterocycles. The fraction of sp³-hybridized carbons (Fsp3) is 0.714. The smallest absolute Gasteiger partial charge is 0.225 e. The highest BCUT2D eigenvalue weighted by atomic mass is 15.3. The maximum Gasteiger partial charge on any atom is 0.225 e. The van der Waals surface area contributed by atoms with E-state index in [1.54, 1.807) is 0 Å². The second-order valence-electron chi connectivity index (χ2n) is 6.15. The molecule has 106 valence electrons. The molecule has 0 aliphatic carbocycles. The number of piperazine rings is 1. The summed E-state index contributed by atoms with van der Waals surface area (Å²) in [5.41, 5.74) is 7.82. The molecule has 1 aromatic rings. The molecule has 0 aromatic carbocycles. The van der Waals surface area contributed by atoms with Crippen molar-refractivity contribution < 1.29 is 0 Å². The Bertz CT molecular complexity index is 430. The highest BCUT2D eigenvalue weighted by molar-refractivity contribution is 5.33. The number of rotatable bonds is 2. The van der Waals surface area contributed by atoms with E-state index in [2.05, 4.69) is 40.5 Å². The summed E-state index contributed by atoms with van der Waals surface area (Å²) in [5.74, 6) is 0.828. The van der Waals surface area contributed by atoms with Crippen LogP contribution in [0.3, 0.4) is 0 Å². The number of hydrogen-bond acceptors (Lipinski definition) is 5. The molecule has 0 amide bonds. The van der Waals surface area contributed by atoms with Crippen LogP contribution in [0.2, 0.25) is 0 Å². The standard InChI is InChI=1S/C14H25N5/c1-11-9-12(10-15)17-13(16-11)18-5-7-19(8-6-18)14(2,3)4/h9H,5-8,10,15H2,1-4H3. The van der Waals surface area contributed by atoms with Crippen LogP contribution in [0, 0.1) is 6.92 Å². The van der Waals surface area contributed by atoms with E-state index >= 15 is 0 Å². The van der Waals surface area contributed by atoms with E-state index in [-0.39, 0.29) is 5.54 Å². The summed E-state index contributed by atoms with van der Waals surface area (Å²) in [6.45, 7) is 13.3. The van der Waals surface area contributed by atoms with Crippen LogP contribution in [0.5, 0.6) is 0 Å². The predicted octanol–water partition coefficient (Wildman–Crippen LogP) is 1.16. The number of aryl methyl sites for hydroxylation is 1. The molecule has 1 saturated heterocycles. The number of aromatic nitrogens is 2. The predicted molar refractivity (Wildman–Crippen MR) is 78.2 cm³/mol. The molecule has 5 nitrogen and oxygen atoms in total. The Morgan fingerprint density at radius 2 is 1.79 bits per heavy atom. The van der Waals surface area contributed by atoms with Crippen LogP contribution in [0.25, 0.3) is 0 Å². The number of anilines is 1. The molecule has 0 unspecified atom stereocenters. The Hall–Kier alpha value is -1.20. The number of hydrogen-bond donors (Lipinski definition) is 1. The zero-order valence-corrected chi connectivity index (χ0v) is 12.5. The SMILES string of the molecule is Cc1cc(CN)nc(N2CCN(C(C)(C)C)CC2)n1. The van der Waals surface area contributed by atoms with Gasteiger partial charge in [-0.15, -0.1) is 0 Å². The molecule has 5 heteroatoms. The molecule has 0 spiro atoms. The van der Waals surface area contributed by atoms with Gasteiger partial charge in [-0.05, 0) is 33.8 Å². The van der Waals surface area contributed by atoms with Crippen molar-refractivity contribution in [2.24, 2.45) is 5.73 Å². The van der Waals surface area contributed by atoms with Gasteiger partial charge in [-0.1, -0.05) is 0 Å². The van der Waals surface area contributed by atoms with Crippen molar-refractivity contribution in [1.82, 2.24) is 14.9 Å². The Morgan fingerprint density at radius 1 is 1.16 bits per heavy atom. The van der Waals surface area contributed by atoms with E-state index in [4.69, 9.17) is 5.73 Å². The van der Waals surface area contributed by atoms with Gasteiger partial charge in [0.25, 0.3) is 0 Å². The molecule has 0 radical (unpaired) electrons. The van der Waals surface area contributed by atoms with Crippen molar-refractivity contribution in [1.29, 1.82) is 0 Å². The third kappa shape index (κ3) is 3.42. The fourth-order valence-corrected chi connectivity index (χ4v) is 2.44. The monoisotopic (exact) mass is 263 g/mol. The molecule has 19 heavy (non-hydrogen) atoms. The molecule has 0 saturated carbocycles. The van der Waals surface area contributed by atoms with Gasteiger partial charge in [0.1, 0.15) is 0 Å². The van der Waals surface area contributed by atoms with Crippen LogP contribution in [-0.2, 0) is 6.54 Å². The van der Waals surface area contributed by atoms with Crippen molar-refractivity contribution in [3.05, 3.63) is 17.5 Å². The van der Waals surface area contributed by atoms with Crippen LogP contribution < -0.4 is 10.6 Å². The molecular weight excluding hydrogens is 238 g/mol. The maximum atomic E-state index is 5.68. The van der Waals surface area contributed by atoms with Crippen LogP contribution in [0.4, 0.5) is 5.95 Å². The van der Waals surface area contributed by atoms with Gasteiger partial charge in [0.05, 0.1) is 5.69 Å². The van der Waals surface area contributed by atoms with Crippen LogP contribution in [0.15, 0.2) is 6.07 Å². The normalized spacial score (nSPS) is 17.8. The molecule has 2 heterocycles. The molecule has 2 N–H and O–H groups in total. The Kier molecular flexibility index (Phi) is 4.06. The van der Waals surface area contributed by atoms with E-state index in [1.807, 2.05) is 13.0 Å². The molecular formula is C14H25N5. The van der Waals surface area contributed by atoms with Gasteiger partial charge in [-0.2, -0.15) is 0 Å². The summed E-state index contributed by atoms with van der Waals surface area (Å²) in [6.07, 6.45) is 0. The maximum absolute atomic E-state index is 5.68. The Balaban J connectivity index is 2.07. The third-order valence-corrected chi connectivity index (χ3v) is 3.62. The molecule has 0 bridgehead atoms. The summed E-state index contributed by atoms with van der Waals surface area (Å²) < 4.78 is 0. The van der Waals surface area contributed by atoms with Crippen molar-refractivity contribution in [2.45, 2.75) is 39.8 Å². The average Bonchev–Trinajstić information content (AvgIpc) is 2.37. The summed E-state index contributed by atoms with van der Waals surface area (Å²) >= 11 is 0. The summed E-state index contributed by atoms with van der Waals surface area (Å²) in [6, 6.07) is 1.95. The van der Waals surface area contributed by atoms with Crippen LogP contribution >= 0.6 is 0 Å². The molecule has 1 aromatic heterocycles. The fourth-order valence-electron chi connectivity index (χ4n) is 2.44. The van der Waals surface area contributed by atoms with Gasteiger partial charge >= 0.3 is 0 Å². The number of nitrogens with two attached hydrogens (primary N) is 1. The second kappa shape index (κ2) is 5.43. The number of nitrogens with zero attached hydrogens (tertiary/aromatic N) is 4. The molecule has 2 rings (SSSR count). The summed E-state index contributed by atoms with van der Waals surface area (Å²) in [5, 5.41) is 0. The minimum absolute atomic E-state index is 0.238. The molecule has 1 aliphatic rings. The summed E-state index contributed by atoms with van der Waals surface area (Å²) in [4.78, 5) is 13.8. The zero-order valence-electron chi connectivity index (χ0n) is 12.5. The van der Waals surface area contributed by atoms with Gasteiger partial charge in [0, 0.05) is 44.0 Å². The lowest BCUT2D eigenvalue weighted by atomic mass is 10.1. The molecule has 1 fully saturated rings. The minimum atomic E-state index is 0.238. The van der Waals surface area contributed by atoms with Crippen molar-refractivity contribution in [2.75, 3.05) is 31.1 Å². The van der Waals surface area contributed by atoms with E-state index in [9.17, 15) is 0 Å². The first-order chi connectivity index (χ1) is 8.90. The first-order valence-electron chi connectivity index (χ1n) is 6.95. The van der Waals surface area contributed by atoms with Crippen LogP contribution in [0.1, 0.15) is 32.2 Å². The van der Waals surface area contributed by atoms with E-state index in [0.29, 0.717) is 6.54 Å². The van der Waals surface area contributed by atoms with Crippen LogP contribution in [-0.4, -0.2) is 46.6 Å². The van der Waals surface area contributed by atoms with E-state index < -0.39 is 0 Å². The van der Waals surface area contributed by atoms with E-state index in [0.717, 1.165) is 43.5 Å². The van der Waals surface area contributed by atoms with Gasteiger partial charge in [0.2, 0.25) is 5.95 Å². The first kappa shape index (κ1) is 14.2. The van der Waals surface area contributed by atoms with Crippen molar-refractivity contribution >= 4 is 5.95 Å². The Labute approximate surface area is 115 Å².